The molecule has 2 fully saturated rings. The van der Waals surface area contributed by atoms with Crippen molar-refractivity contribution in [1.29, 1.82) is 0 Å². The number of ether oxygens (including phenoxy) is 4. The second-order valence-electron chi connectivity index (χ2n) is 11.0. The molecule has 1 N–H and O–H groups in total. The Morgan fingerprint density at radius 3 is 2.23 bits per heavy atom. The quantitative estimate of drug-likeness (QED) is 0.604. The van der Waals surface area contributed by atoms with Crippen LogP contribution in [0.15, 0.2) is 6.07 Å². The number of halogens is 2. The number of anilines is 1. The lowest BCUT2D eigenvalue weighted by Gasteiger charge is -2.40. The summed E-state index contributed by atoms with van der Waals surface area (Å²) in [6.07, 6.45) is -2.23. The van der Waals surface area contributed by atoms with Crippen LogP contribution in [0.4, 0.5) is 19.3 Å². The predicted molar refractivity (Wildman–Crippen MR) is 126 cm³/mol. The third-order valence-corrected chi connectivity index (χ3v) is 5.54. The van der Waals surface area contributed by atoms with Gasteiger partial charge in [-0.1, -0.05) is 13.8 Å². The lowest BCUT2D eigenvalue weighted by molar-refractivity contribution is -0.226. The zero-order chi connectivity index (χ0) is 26.1. The molecule has 2 unspecified atom stereocenters. The third kappa shape index (κ3) is 6.89. The van der Waals surface area contributed by atoms with Gasteiger partial charge in [-0.15, -0.1) is 0 Å². The minimum absolute atomic E-state index is 0.00847. The van der Waals surface area contributed by atoms with Crippen molar-refractivity contribution in [1.82, 2.24) is 5.32 Å². The summed E-state index contributed by atoms with van der Waals surface area (Å²) in [5.41, 5.74) is -1.29. The highest BCUT2D eigenvalue weighted by molar-refractivity contribution is 5.99. The Morgan fingerprint density at radius 1 is 1.11 bits per heavy atom. The van der Waals surface area contributed by atoms with Gasteiger partial charge in [0.25, 0.3) is 0 Å². The van der Waals surface area contributed by atoms with E-state index in [0.29, 0.717) is 26.3 Å². The molecule has 2 aliphatic rings. The highest BCUT2D eigenvalue weighted by Crippen LogP contribution is 2.40. The van der Waals surface area contributed by atoms with Crippen LogP contribution < -0.4 is 10.2 Å². The second-order valence-corrected chi connectivity index (χ2v) is 11.0. The van der Waals surface area contributed by atoms with E-state index >= 15 is 8.78 Å². The molecule has 0 aromatic heterocycles. The zero-order valence-electron chi connectivity index (χ0n) is 21.5. The molecule has 0 radical (unpaired) electrons. The number of hydrogen-bond acceptors (Lipinski definition) is 7. The SMILES string of the molecule is CC1CN(c2c(C3OCC(C)(C)CO3)cc(C(=O)CNC(=O)OC(C)(C)C)c(F)c2F)CC(C)O1. The van der Waals surface area contributed by atoms with E-state index in [9.17, 15) is 9.59 Å². The fourth-order valence-electron chi connectivity index (χ4n) is 4.13. The summed E-state index contributed by atoms with van der Waals surface area (Å²) in [4.78, 5) is 26.5. The molecule has 1 amide bonds. The van der Waals surface area contributed by atoms with Crippen molar-refractivity contribution in [3.63, 3.8) is 0 Å². The minimum atomic E-state index is -1.29. The third-order valence-electron chi connectivity index (χ3n) is 5.54. The highest BCUT2D eigenvalue weighted by Gasteiger charge is 2.36. The maximum Gasteiger partial charge on any atom is 0.408 e. The molecule has 2 heterocycles. The van der Waals surface area contributed by atoms with Crippen LogP contribution in [0, 0.1) is 17.0 Å². The van der Waals surface area contributed by atoms with Crippen molar-refractivity contribution in [2.45, 2.75) is 72.6 Å². The topological polar surface area (TPSA) is 86.3 Å². The largest absolute Gasteiger partial charge is 0.444 e. The van der Waals surface area contributed by atoms with Gasteiger partial charge in [0.15, 0.2) is 23.7 Å². The molecule has 2 atom stereocenters. The molecule has 2 aliphatic heterocycles. The first-order valence-corrected chi connectivity index (χ1v) is 11.8. The van der Waals surface area contributed by atoms with Crippen LogP contribution in [0.5, 0.6) is 0 Å². The van der Waals surface area contributed by atoms with E-state index in [1.807, 2.05) is 27.7 Å². The standard InChI is InChI=1S/C25H36F2N2O6/c1-14-10-29(11-15(2)34-14)21-17(22-32-12-25(6,7)13-33-22)8-16(19(26)20(21)27)18(30)9-28-23(31)35-24(3,4)5/h8,14-15,22H,9-13H2,1-7H3,(H,28,31). The Hall–Kier alpha value is -2.30. The van der Waals surface area contributed by atoms with Gasteiger partial charge in [0.1, 0.15) is 5.60 Å². The van der Waals surface area contributed by atoms with Gasteiger partial charge in [0.2, 0.25) is 0 Å². The van der Waals surface area contributed by atoms with Gasteiger partial charge in [-0.05, 0) is 40.7 Å². The van der Waals surface area contributed by atoms with Crippen molar-refractivity contribution < 1.29 is 37.3 Å². The summed E-state index contributed by atoms with van der Waals surface area (Å²) in [5.74, 6) is -3.26. The molecule has 3 rings (SSSR count). The zero-order valence-corrected chi connectivity index (χ0v) is 21.5. The van der Waals surface area contributed by atoms with E-state index < -0.39 is 47.5 Å². The lowest BCUT2D eigenvalue weighted by Crippen LogP contribution is -2.46. The first kappa shape index (κ1) is 27.3. The Balaban J connectivity index is 1.95. The Labute approximate surface area is 205 Å². The van der Waals surface area contributed by atoms with Crippen molar-refractivity contribution >= 4 is 17.6 Å². The summed E-state index contributed by atoms with van der Waals surface area (Å²) in [5, 5.41) is 2.29. The van der Waals surface area contributed by atoms with Crippen molar-refractivity contribution in [2.75, 3.05) is 37.7 Å². The fourth-order valence-corrected chi connectivity index (χ4v) is 4.13. The average molecular weight is 499 g/mol. The number of carbonyl (C=O) groups is 2. The van der Waals surface area contributed by atoms with Crippen LogP contribution in [-0.4, -0.2) is 62.5 Å². The molecule has 10 heteroatoms. The molecule has 0 bridgehead atoms. The first-order chi connectivity index (χ1) is 16.2. The number of carbonyl (C=O) groups excluding carboxylic acids is 2. The van der Waals surface area contributed by atoms with Crippen molar-refractivity contribution in [3.05, 3.63) is 28.8 Å². The molecule has 35 heavy (non-hydrogen) atoms. The minimum Gasteiger partial charge on any atom is -0.444 e. The first-order valence-electron chi connectivity index (χ1n) is 11.8. The van der Waals surface area contributed by atoms with Crippen molar-refractivity contribution in [3.8, 4) is 0 Å². The smallest absolute Gasteiger partial charge is 0.408 e. The number of hydrogen-bond donors (Lipinski definition) is 1. The van der Waals surface area contributed by atoms with Crippen LogP contribution in [-0.2, 0) is 18.9 Å². The van der Waals surface area contributed by atoms with Gasteiger partial charge in [0.05, 0.1) is 43.2 Å². The molecule has 196 valence electrons. The molecule has 0 saturated carbocycles. The predicted octanol–water partition coefficient (Wildman–Crippen LogP) is 4.36. The van der Waals surface area contributed by atoms with E-state index in [1.165, 1.54) is 6.07 Å². The summed E-state index contributed by atoms with van der Waals surface area (Å²) >= 11 is 0. The van der Waals surface area contributed by atoms with Crippen LogP contribution in [0.1, 0.15) is 70.7 Å². The summed E-state index contributed by atoms with van der Waals surface area (Å²) in [6, 6.07) is 1.26. The van der Waals surface area contributed by atoms with Gasteiger partial charge in [-0.25, -0.2) is 13.6 Å². The van der Waals surface area contributed by atoms with Crippen molar-refractivity contribution in [2.24, 2.45) is 5.41 Å². The summed E-state index contributed by atoms with van der Waals surface area (Å²) in [6.45, 7) is 13.5. The number of amides is 1. The maximum absolute atomic E-state index is 15.6. The maximum atomic E-state index is 15.6. The van der Waals surface area contributed by atoms with E-state index in [-0.39, 0.29) is 28.9 Å². The van der Waals surface area contributed by atoms with Crippen LogP contribution in [0.25, 0.3) is 0 Å². The van der Waals surface area contributed by atoms with E-state index in [2.05, 4.69) is 5.32 Å². The molecule has 0 aliphatic carbocycles. The molecule has 0 spiro atoms. The van der Waals surface area contributed by atoms with Gasteiger partial charge in [-0.2, -0.15) is 0 Å². The van der Waals surface area contributed by atoms with Crippen LogP contribution in [0.3, 0.4) is 0 Å². The number of benzene rings is 1. The number of nitrogens with zero attached hydrogens (tertiary/aromatic N) is 1. The molecule has 1 aromatic rings. The molecule has 8 nitrogen and oxygen atoms in total. The molecule has 2 saturated heterocycles. The molecular formula is C25H36F2N2O6. The Morgan fingerprint density at radius 2 is 1.69 bits per heavy atom. The van der Waals surface area contributed by atoms with E-state index in [4.69, 9.17) is 18.9 Å². The van der Waals surface area contributed by atoms with E-state index in [0.717, 1.165) is 0 Å². The van der Waals surface area contributed by atoms with E-state index in [1.54, 1.807) is 25.7 Å². The average Bonchev–Trinajstić information content (AvgIpc) is 2.72. The molecular weight excluding hydrogens is 462 g/mol. The normalized spacial score (nSPS) is 23.2. The number of ketones is 1. The van der Waals surface area contributed by atoms with Crippen LogP contribution >= 0.6 is 0 Å². The Bertz CT molecular complexity index is 942. The number of morpholine rings is 1. The number of alkyl carbamates (subject to hydrolysis) is 1. The lowest BCUT2D eigenvalue weighted by atomic mass is 9.94. The van der Waals surface area contributed by atoms with Gasteiger partial charge >= 0.3 is 6.09 Å². The molecule has 1 aromatic carbocycles. The summed E-state index contributed by atoms with van der Waals surface area (Å²) in [7, 11) is 0. The summed E-state index contributed by atoms with van der Waals surface area (Å²) < 4.78 is 53.5. The second kappa shape index (κ2) is 10.4. The number of rotatable bonds is 5. The van der Waals surface area contributed by atoms with Gasteiger partial charge < -0.3 is 29.2 Å². The Kier molecular flexibility index (Phi) is 8.08. The number of Topliss-reactive ketones (excluding diaryl/α,β-unsaturated/α-hetero) is 1. The van der Waals surface area contributed by atoms with Gasteiger partial charge in [0, 0.05) is 24.1 Å². The van der Waals surface area contributed by atoms with Gasteiger partial charge in [-0.3, -0.25) is 4.79 Å². The van der Waals surface area contributed by atoms with Crippen LogP contribution in [0.2, 0.25) is 0 Å². The monoisotopic (exact) mass is 498 g/mol. The highest BCUT2D eigenvalue weighted by atomic mass is 19.2. The fraction of sp³-hybridized carbons (Fsp3) is 0.680. The number of nitrogens with one attached hydrogen (secondary N) is 1.